The van der Waals surface area contributed by atoms with Crippen LogP contribution in [-0.4, -0.2) is 16.5 Å². The van der Waals surface area contributed by atoms with E-state index in [4.69, 9.17) is 9.96 Å². The van der Waals surface area contributed by atoms with Gasteiger partial charge in [-0.25, -0.2) is 18.1 Å². The molecule has 3 nitrogen and oxygen atoms in total. The maximum atomic E-state index is 4.84. The van der Waals surface area contributed by atoms with Crippen molar-refractivity contribution in [2.75, 3.05) is 0 Å². The summed E-state index contributed by atoms with van der Waals surface area (Å²) in [6.07, 6.45) is 2.20. The van der Waals surface area contributed by atoms with E-state index in [0.29, 0.717) is 0 Å². The normalized spacial score (nSPS) is 11.3. The summed E-state index contributed by atoms with van der Waals surface area (Å²) in [7, 11) is -2.85. The molecule has 0 atom stereocenters. The third-order valence-electron chi connectivity index (χ3n) is 6.30. The first kappa shape index (κ1) is 36.6. The summed E-state index contributed by atoms with van der Waals surface area (Å²) in [6, 6.07) is 49.3. The number of nitrogens with zero attached hydrogens (tertiary/aromatic N) is 3. The van der Waals surface area contributed by atoms with Crippen molar-refractivity contribution >= 4 is 44.7 Å². The molecule has 0 aliphatic carbocycles. The fourth-order valence-corrected chi connectivity index (χ4v) is 6.60. The van der Waals surface area contributed by atoms with Crippen molar-refractivity contribution in [3.63, 3.8) is 0 Å². The van der Waals surface area contributed by atoms with Crippen LogP contribution in [0.25, 0.3) is 21.1 Å². The Balaban J connectivity index is 0.000000209. The van der Waals surface area contributed by atoms with Gasteiger partial charge in [-0.15, -0.1) is 47.5 Å². The fourth-order valence-electron chi connectivity index (χ4n) is 4.34. The van der Waals surface area contributed by atoms with E-state index in [1.807, 2.05) is 72.8 Å². The first-order valence-electron chi connectivity index (χ1n) is 15.5. The van der Waals surface area contributed by atoms with Gasteiger partial charge in [0.2, 0.25) is 0 Å². The van der Waals surface area contributed by atoms with Gasteiger partial charge in [-0.05, 0) is 16.5 Å². The summed E-state index contributed by atoms with van der Waals surface area (Å²) >= 11 is 1.26. The van der Waals surface area contributed by atoms with Gasteiger partial charge in [0.15, 0.2) is 0 Å². The molecule has 0 aliphatic heterocycles. The number of hydrogen-bond acceptors (Lipinski definition) is 1. The zero-order chi connectivity index (χ0) is 33.4. The van der Waals surface area contributed by atoms with Crippen molar-refractivity contribution in [1.82, 2.24) is 0 Å². The van der Waals surface area contributed by atoms with Crippen LogP contribution < -0.4 is 0 Å². The second-order valence-electron chi connectivity index (χ2n) is 12.7. The van der Waals surface area contributed by atoms with Gasteiger partial charge in [0, 0.05) is 0 Å². The first-order chi connectivity index (χ1) is 21.9. The Bertz CT molecular complexity index is 1590. The van der Waals surface area contributed by atoms with E-state index in [1.165, 1.54) is 30.8 Å². The van der Waals surface area contributed by atoms with Crippen LogP contribution in [0.5, 0.6) is 0 Å². The van der Waals surface area contributed by atoms with Gasteiger partial charge in [0.05, 0.1) is 0 Å². The van der Waals surface area contributed by atoms with Crippen LogP contribution in [0.3, 0.4) is 0 Å². The molecular weight excluding hydrogens is 762 g/mol. The van der Waals surface area contributed by atoms with Gasteiger partial charge in [-0.1, -0.05) is 118 Å². The molecule has 0 bridgehead atoms. The minimum atomic E-state index is -1.42. The SMILES string of the molecule is C[Si](C)(C)[N-]c1ccccc1[N-][Si](C)(C)C.[CH2-]C(=C([CH-]c1ccccc1)c1ccccc1)c1ccccc1.[W]=[N]c1ccccc1. The average Bonchev–Trinajstić information content (AvgIpc) is 3.05. The molecule has 5 aromatic carbocycles. The fraction of sp³-hybridized carbons (Fsp3) is 0.150. The maximum absolute atomic E-state index is 4.84. The molecule has 0 radical (unpaired) electrons. The Morgan fingerprint density at radius 1 is 0.543 bits per heavy atom. The first-order valence-corrected chi connectivity index (χ1v) is 23.7. The molecule has 0 unspecified atom stereocenters. The molecule has 46 heavy (non-hydrogen) atoms. The molecule has 0 fully saturated rings. The van der Waals surface area contributed by atoms with Crippen LogP contribution in [-0.2, 0) is 19.6 Å². The summed E-state index contributed by atoms with van der Waals surface area (Å²) in [4.78, 5) is 9.69. The van der Waals surface area contributed by atoms with Crippen LogP contribution in [0.4, 0.5) is 17.1 Å². The van der Waals surface area contributed by atoms with Crippen LogP contribution in [0, 0.1) is 13.3 Å². The molecule has 0 saturated heterocycles. The van der Waals surface area contributed by atoms with E-state index in [9.17, 15) is 0 Å². The predicted octanol–water partition coefficient (Wildman–Crippen LogP) is 13.1. The van der Waals surface area contributed by atoms with E-state index in [1.54, 1.807) is 0 Å². The quantitative estimate of drug-likeness (QED) is 0.0809. The van der Waals surface area contributed by atoms with Gasteiger partial charge in [-0.3, -0.25) is 0 Å². The second-order valence-corrected chi connectivity index (χ2v) is 22.4. The molecule has 0 amide bonds. The van der Waals surface area contributed by atoms with E-state index >= 15 is 0 Å². The summed E-state index contributed by atoms with van der Waals surface area (Å²) in [5.41, 5.74) is 8.91. The van der Waals surface area contributed by atoms with Crippen LogP contribution >= 0.6 is 0 Å². The zero-order valence-electron chi connectivity index (χ0n) is 27.9. The summed E-state index contributed by atoms with van der Waals surface area (Å²) in [5.74, 6) is 0. The Hall–Kier alpha value is -3.90. The van der Waals surface area contributed by atoms with E-state index in [2.05, 4.69) is 129 Å². The van der Waals surface area contributed by atoms with Crippen molar-refractivity contribution in [2.24, 2.45) is 3.50 Å². The molecule has 0 spiro atoms. The molecule has 0 heterocycles. The van der Waals surface area contributed by atoms with Gasteiger partial charge in [-0.2, -0.15) is 23.4 Å². The standard InChI is InChI=1S/C22H18.C12H22N2Si2.C6H5N.W/c1-18(20-13-7-3-8-14-20)22(21-15-9-4-10-16-21)17-19-11-5-2-6-12-19;1-15(2,3)13-11-9-7-8-10-12(11)14-16(4,5)6;7-6-4-2-1-3-5-6;/h2-17H,1H2;7-10H,1-6H3;1-5H;/q2*-2;;. The molecular formula is C40H45N3Si2W-4. The van der Waals surface area contributed by atoms with Crippen molar-refractivity contribution < 1.29 is 19.6 Å². The van der Waals surface area contributed by atoms with E-state index < -0.39 is 16.5 Å². The Morgan fingerprint density at radius 3 is 1.30 bits per heavy atom. The van der Waals surface area contributed by atoms with Gasteiger partial charge in [0.25, 0.3) is 0 Å². The molecule has 238 valence electrons. The Morgan fingerprint density at radius 2 is 0.913 bits per heavy atom. The summed E-state index contributed by atoms with van der Waals surface area (Å²) in [6.45, 7) is 17.8. The Labute approximate surface area is 291 Å². The van der Waals surface area contributed by atoms with Crippen molar-refractivity contribution in [3.05, 3.63) is 186 Å². The third-order valence-corrected chi connectivity index (χ3v) is 8.88. The number of allylic oxidation sites excluding steroid dienone is 2. The molecule has 0 N–H and O–H groups in total. The summed E-state index contributed by atoms with van der Waals surface area (Å²) < 4.78 is 4.05. The second kappa shape index (κ2) is 18.3. The van der Waals surface area contributed by atoms with Crippen molar-refractivity contribution in [2.45, 2.75) is 39.3 Å². The van der Waals surface area contributed by atoms with E-state index in [0.717, 1.165) is 33.8 Å². The molecule has 5 rings (SSSR count). The van der Waals surface area contributed by atoms with Gasteiger partial charge < -0.3 is 9.96 Å². The number of benzene rings is 5. The average molecular weight is 808 g/mol. The number of hydrogen-bond donors (Lipinski definition) is 0. The molecule has 0 aromatic heterocycles. The van der Waals surface area contributed by atoms with Gasteiger partial charge >= 0.3 is 59.1 Å². The van der Waals surface area contributed by atoms with Crippen LogP contribution in [0.1, 0.15) is 16.7 Å². The monoisotopic (exact) mass is 807 g/mol. The summed E-state index contributed by atoms with van der Waals surface area (Å²) in [5, 5.41) is 0. The third kappa shape index (κ3) is 13.6. The van der Waals surface area contributed by atoms with Crippen molar-refractivity contribution in [1.29, 1.82) is 0 Å². The zero-order valence-corrected chi connectivity index (χ0v) is 32.8. The molecule has 6 heteroatoms. The van der Waals surface area contributed by atoms with Crippen LogP contribution in [0.2, 0.25) is 39.3 Å². The minimum absolute atomic E-state index is 1.04. The molecule has 0 saturated carbocycles. The van der Waals surface area contributed by atoms with Gasteiger partial charge in [0.1, 0.15) is 0 Å². The topological polar surface area (TPSA) is 40.6 Å². The van der Waals surface area contributed by atoms with Crippen molar-refractivity contribution in [3.8, 4) is 0 Å². The Kier molecular flexibility index (Phi) is 14.5. The van der Waals surface area contributed by atoms with Crippen LogP contribution in [0.15, 0.2) is 149 Å². The predicted molar refractivity (Wildman–Crippen MR) is 203 cm³/mol. The molecule has 5 aromatic rings. The van der Waals surface area contributed by atoms with E-state index in [-0.39, 0.29) is 0 Å². The molecule has 0 aliphatic rings. The number of rotatable bonds is 9.